The van der Waals surface area contributed by atoms with Crippen molar-refractivity contribution in [2.24, 2.45) is 5.73 Å². The minimum atomic E-state index is -0.619. The second-order valence-corrected chi connectivity index (χ2v) is 6.21. The standard InChI is InChI=1S/C19H21N5O3/c1-12-15(13(2)24-11-21-17(18(20)26)19(24)22-12)8-9-16(25)23-27-10-14-6-4-3-5-7-14/h3-7,11H,8-10H2,1-2H3,(H2,20,26)(H,23,25). The van der Waals surface area contributed by atoms with Crippen molar-refractivity contribution in [3.63, 3.8) is 0 Å². The molecular formula is C19H21N5O3. The molecule has 2 heterocycles. The predicted octanol–water partition coefficient (Wildman–Crippen LogP) is 1.63. The third kappa shape index (κ3) is 4.12. The van der Waals surface area contributed by atoms with E-state index in [-0.39, 0.29) is 18.0 Å². The van der Waals surface area contributed by atoms with Gasteiger partial charge < -0.3 is 5.73 Å². The van der Waals surface area contributed by atoms with Crippen molar-refractivity contribution in [1.82, 2.24) is 19.8 Å². The van der Waals surface area contributed by atoms with Gasteiger partial charge in [0, 0.05) is 17.8 Å². The number of carbonyl (C=O) groups excluding carboxylic acids is 2. The average molecular weight is 367 g/mol. The van der Waals surface area contributed by atoms with Gasteiger partial charge >= 0.3 is 0 Å². The number of aromatic nitrogens is 3. The van der Waals surface area contributed by atoms with Crippen molar-refractivity contribution >= 4 is 17.5 Å². The molecule has 3 aromatic rings. The Hall–Kier alpha value is -3.26. The van der Waals surface area contributed by atoms with Gasteiger partial charge in [0.1, 0.15) is 6.33 Å². The molecule has 0 saturated heterocycles. The van der Waals surface area contributed by atoms with Gasteiger partial charge in [0.2, 0.25) is 5.91 Å². The summed E-state index contributed by atoms with van der Waals surface area (Å²) < 4.78 is 1.71. The second kappa shape index (κ2) is 7.96. The minimum Gasteiger partial charge on any atom is -0.364 e. The summed E-state index contributed by atoms with van der Waals surface area (Å²) in [5, 5.41) is 0. The van der Waals surface area contributed by atoms with Gasteiger partial charge in [0.15, 0.2) is 11.3 Å². The van der Waals surface area contributed by atoms with Crippen LogP contribution in [0.3, 0.4) is 0 Å². The summed E-state index contributed by atoms with van der Waals surface area (Å²) >= 11 is 0. The van der Waals surface area contributed by atoms with Crippen LogP contribution in [0.2, 0.25) is 0 Å². The number of hydrogen-bond donors (Lipinski definition) is 2. The fourth-order valence-electron chi connectivity index (χ4n) is 2.93. The molecule has 8 heteroatoms. The molecule has 2 aromatic heterocycles. The number of amides is 2. The van der Waals surface area contributed by atoms with Gasteiger partial charge in [-0.3, -0.25) is 18.8 Å². The molecule has 0 aliphatic carbocycles. The normalized spacial score (nSPS) is 10.9. The van der Waals surface area contributed by atoms with E-state index in [4.69, 9.17) is 10.6 Å². The Labute approximate surface area is 156 Å². The Bertz CT molecular complexity index is 982. The number of hydrogen-bond acceptors (Lipinski definition) is 5. The van der Waals surface area contributed by atoms with Crippen molar-refractivity contribution in [3.8, 4) is 0 Å². The smallest absolute Gasteiger partial charge is 0.271 e. The van der Waals surface area contributed by atoms with Crippen LogP contribution in [-0.2, 0) is 22.7 Å². The molecule has 0 unspecified atom stereocenters. The van der Waals surface area contributed by atoms with Crippen LogP contribution in [0.1, 0.15) is 39.4 Å². The number of aryl methyl sites for hydroxylation is 2. The molecule has 3 N–H and O–H groups in total. The molecule has 0 atom stereocenters. The predicted molar refractivity (Wildman–Crippen MR) is 98.7 cm³/mol. The highest BCUT2D eigenvalue weighted by Gasteiger charge is 2.17. The maximum absolute atomic E-state index is 12.0. The van der Waals surface area contributed by atoms with Gasteiger partial charge in [-0.25, -0.2) is 15.4 Å². The first-order valence-corrected chi connectivity index (χ1v) is 8.55. The molecule has 0 spiro atoms. The van der Waals surface area contributed by atoms with Gasteiger partial charge in [0.05, 0.1) is 6.61 Å². The third-order valence-corrected chi connectivity index (χ3v) is 4.35. The molecule has 0 aliphatic rings. The Morgan fingerprint density at radius 1 is 1.22 bits per heavy atom. The highest BCUT2D eigenvalue weighted by Crippen LogP contribution is 2.18. The molecule has 0 aliphatic heterocycles. The van der Waals surface area contributed by atoms with E-state index in [1.165, 1.54) is 6.33 Å². The van der Waals surface area contributed by atoms with Crippen LogP contribution in [0.5, 0.6) is 0 Å². The van der Waals surface area contributed by atoms with E-state index in [0.29, 0.717) is 18.7 Å². The Morgan fingerprint density at radius 3 is 2.67 bits per heavy atom. The number of rotatable bonds is 7. The highest BCUT2D eigenvalue weighted by atomic mass is 16.6. The summed E-state index contributed by atoms with van der Waals surface area (Å²) in [7, 11) is 0. The lowest BCUT2D eigenvalue weighted by molar-refractivity contribution is -0.134. The van der Waals surface area contributed by atoms with E-state index in [1.54, 1.807) is 4.40 Å². The van der Waals surface area contributed by atoms with Crippen LogP contribution < -0.4 is 11.2 Å². The third-order valence-electron chi connectivity index (χ3n) is 4.35. The van der Waals surface area contributed by atoms with Crippen molar-refractivity contribution in [3.05, 3.63) is 64.9 Å². The largest absolute Gasteiger partial charge is 0.364 e. The molecule has 0 saturated carbocycles. The molecule has 0 fully saturated rings. The molecule has 8 nitrogen and oxygen atoms in total. The quantitative estimate of drug-likeness (QED) is 0.617. The maximum atomic E-state index is 12.0. The van der Waals surface area contributed by atoms with Gasteiger partial charge in [-0.2, -0.15) is 0 Å². The second-order valence-electron chi connectivity index (χ2n) is 6.21. The van der Waals surface area contributed by atoms with Crippen molar-refractivity contribution < 1.29 is 14.4 Å². The average Bonchev–Trinajstić information content (AvgIpc) is 3.06. The number of nitrogens with one attached hydrogen (secondary N) is 1. The van der Waals surface area contributed by atoms with E-state index in [0.717, 1.165) is 22.5 Å². The van der Waals surface area contributed by atoms with Crippen LogP contribution in [0.4, 0.5) is 0 Å². The fraction of sp³-hybridized carbons (Fsp3) is 0.263. The topological polar surface area (TPSA) is 112 Å². The van der Waals surface area contributed by atoms with Gasteiger partial charge in [-0.15, -0.1) is 0 Å². The van der Waals surface area contributed by atoms with Crippen LogP contribution in [0.15, 0.2) is 36.7 Å². The first-order valence-electron chi connectivity index (χ1n) is 8.55. The van der Waals surface area contributed by atoms with E-state index >= 15 is 0 Å². The first kappa shape index (κ1) is 18.5. The first-order chi connectivity index (χ1) is 13.0. The molecular weight excluding hydrogens is 346 g/mol. The molecule has 27 heavy (non-hydrogen) atoms. The lowest BCUT2D eigenvalue weighted by Gasteiger charge is -2.12. The molecule has 2 amide bonds. The number of nitrogens with two attached hydrogens (primary N) is 1. The van der Waals surface area contributed by atoms with Crippen LogP contribution in [0.25, 0.3) is 5.65 Å². The summed E-state index contributed by atoms with van der Waals surface area (Å²) in [5.41, 5.74) is 11.9. The van der Waals surface area contributed by atoms with Crippen molar-refractivity contribution in [2.75, 3.05) is 0 Å². The Morgan fingerprint density at radius 2 is 1.96 bits per heavy atom. The Kier molecular flexibility index (Phi) is 5.46. The molecule has 3 rings (SSSR count). The number of nitrogens with zero attached hydrogens (tertiary/aromatic N) is 3. The minimum absolute atomic E-state index is 0.139. The summed E-state index contributed by atoms with van der Waals surface area (Å²) in [4.78, 5) is 37.2. The van der Waals surface area contributed by atoms with Crippen LogP contribution in [-0.4, -0.2) is 26.2 Å². The number of fused-ring (bicyclic) bond motifs is 1. The number of carbonyl (C=O) groups is 2. The van der Waals surface area contributed by atoms with E-state index < -0.39 is 5.91 Å². The summed E-state index contributed by atoms with van der Waals surface area (Å²) in [6.07, 6.45) is 2.26. The number of imidazole rings is 1. The maximum Gasteiger partial charge on any atom is 0.271 e. The SMILES string of the molecule is Cc1nc2c(C(N)=O)ncn2c(C)c1CCC(=O)NOCc1ccccc1. The molecule has 1 aromatic carbocycles. The summed E-state index contributed by atoms with van der Waals surface area (Å²) in [5.74, 6) is -0.834. The van der Waals surface area contributed by atoms with Crippen molar-refractivity contribution in [1.29, 1.82) is 0 Å². The molecule has 140 valence electrons. The lowest BCUT2D eigenvalue weighted by atomic mass is 10.1. The Balaban J connectivity index is 1.63. The number of hydroxylamine groups is 1. The molecule has 0 radical (unpaired) electrons. The monoisotopic (exact) mass is 367 g/mol. The number of primary amides is 1. The number of benzene rings is 1. The van der Waals surface area contributed by atoms with E-state index in [9.17, 15) is 9.59 Å². The zero-order valence-corrected chi connectivity index (χ0v) is 15.2. The van der Waals surface area contributed by atoms with E-state index in [2.05, 4.69) is 15.4 Å². The van der Waals surface area contributed by atoms with E-state index in [1.807, 2.05) is 44.2 Å². The summed E-state index contributed by atoms with van der Waals surface area (Å²) in [6.45, 7) is 4.04. The zero-order chi connectivity index (χ0) is 19.4. The highest BCUT2D eigenvalue weighted by molar-refractivity contribution is 5.96. The van der Waals surface area contributed by atoms with Crippen LogP contribution in [0, 0.1) is 13.8 Å². The van der Waals surface area contributed by atoms with Crippen molar-refractivity contribution in [2.45, 2.75) is 33.3 Å². The summed E-state index contributed by atoms with van der Waals surface area (Å²) in [6, 6.07) is 9.59. The lowest BCUT2D eigenvalue weighted by Crippen LogP contribution is -2.24. The van der Waals surface area contributed by atoms with Gasteiger partial charge in [0.25, 0.3) is 5.91 Å². The zero-order valence-electron chi connectivity index (χ0n) is 15.2. The van der Waals surface area contributed by atoms with Gasteiger partial charge in [-0.1, -0.05) is 30.3 Å². The van der Waals surface area contributed by atoms with Crippen LogP contribution >= 0.6 is 0 Å². The molecule has 0 bridgehead atoms. The fourth-order valence-corrected chi connectivity index (χ4v) is 2.93. The van der Waals surface area contributed by atoms with Gasteiger partial charge in [-0.05, 0) is 31.4 Å².